The highest BCUT2D eigenvalue weighted by Crippen LogP contribution is 2.35. The molecule has 60 valence electrons. The minimum atomic E-state index is 0.0272. The van der Waals surface area contributed by atoms with Gasteiger partial charge >= 0.3 is 0 Å². The van der Waals surface area contributed by atoms with E-state index in [1.54, 1.807) is 7.11 Å². The molecule has 0 aliphatic heterocycles. The molecule has 1 fully saturated rings. The van der Waals surface area contributed by atoms with Gasteiger partial charge in [0.2, 0.25) is 0 Å². The second-order valence-electron chi connectivity index (χ2n) is 3.44. The number of methoxy groups -OCH3 is 1. The molecular formula is C8H17NO. The van der Waals surface area contributed by atoms with Crippen LogP contribution in [0.15, 0.2) is 0 Å². The molecule has 0 heterocycles. The molecule has 2 heteroatoms. The summed E-state index contributed by atoms with van der Waals surface area (Å²) in [5.41, 5.74) is 5.64. The summed E-state index contributed by atoms with van der Waals surface area (Å²) in [6.07, 6.45) is 3.55. The smallest absolute Gasteiger partial charge is 0.0803 e. The summed E-state index contributed by atoms with van der Waals surface area (Å²) in [6, 6.07) is 0. The van der Waals surface area contributed by atoms with Gasteiger partial charge in [-0.05, 0) is 25.2 Å². The maximum atomic E-state index is 5.62. The van der Waals surface area contributed by atoms with Crippen LogP contribution in [0.5, 0.6) is 0 Å². The maximum absolute atomic E-state index is 5.62. The molecule has 0 amide bonds. The third-order valence-electron chi connectivity index (χ3n) is 2.62. The van der Waals surface area contributed by atoms with Gasteiger partial charge in [0, 0.05) is 13.7 Å². The average Bonchev–Trinajstić information content (AvgIpc) is 2.33. The van der Waals surface area contributed by atoms with Crippen molar-refractivity contribution in [2.45, 2.75) is 31.8 Å². The third kappa shape index (κ3) is 1.32. The molecule has 0 spiro atoms. The van der Waals surface area contributed by atoms with Gasteiger partial charge in [-0.2, -0.15) is 0 Å². The van der Waals surface area contributed by atoms with Gasteiger partial charge in [0.25, 0.3) is 0 Å². The summed E-state index contributed by atoms with van der Waals surface area (Å²) in [6.45, 7) is 2.93. The molecule has 0 bridgehead atoms. The lowest BCUT2D eigenvalue weighted by molar-refractivity contribution is 0.00104. The van der Waals surface area contributed by atoms with E-state index >= 15 is 0 Å². The molecule has 0 aromatic heterocycles. The number of hydrogen-bond acceptors (Lipinski definition) is 2. The summed E-state index contributed by atoms with van der Waals surface area (Å²) < 4.78 is 5.39. The minimum Gasteiger partial charge on any atom is -0.377 e. The molecule has 2 unspecified atom stereocenters. The Morgan fingerprint density at radius 1 is 1.70 bits per heavy atom. The molecule has 0 aromatic rings. The largest absolute Gasteiger partial charge is 0.377 e. The van der Waals surface area contributed by atoms with Crippen molar-refractivity contribution in [3.05, 3.63) is 0 Å². The Morgan fingerprint density at radius 2 is 2.40 bits per heavy atom. The molecule has 10 heavy (non-hydrogen) atoms. The van der Waals surface area contributed by atoms with Crippen molar-refractivity contribution in [2.24, 2.45) is 11.7 Å². The first-order chi connectivity index (χ1) is 4.72. The summed E-state index contributed by atoms with van der Waals surface area (Å²) in [5.74, 6) is 0.795. The summed E-state index contributed by atoms with van der Waals surface area (Å²) in [7, 11) is 1.77. The van der Waals surface area contributed by atoms with E-state index in [1.165, 1.54) is 6.42 Å². The number of nitrogens with two attached hydrogens (primary N) is 1. The molecule has 2 N–H and O–H groups in total. The Kier molecular flexibility index (Phi) is 2.32. The Balaban J connectivity index is 2.51. The van der Waals surface area contributed by atoms with Crippen molar-refractivity contribution in [1.29, 1.82) is 0 Å². The highest BCUT2D eigenvalue weighted by molar-refractivity contribution is 4.89. The molecule has 2 nitrogen and oxygen atoms in total. The van der Waals surface area contributed by atoms with Gasteiger partial charge in [0.15, 0.2) is 0 Å². The second-order valence-corrected chi connectivity index (χ2v) is 3.44. The molecule has 0 saturated heterocycles. The van der Waals surface area contributed by atoms with E-state index in [1.807, 2.05) is 0 Å². The lowest BCUT2D eigenvalue weighted by Gasteiger charge is -2.25. The van der Waals surface area contributed by atoms with E-state index in [4.69, 9.17) is 10.5 Å². The molecule has 1 rings (SSSR count). The van der Waals surface area contributed by atoms with Crippen molar-refractivity contribution in [1.82, 2.24) is 0 Å². The van der Waals surface area contributed by atoms with Crippen molar-refractivity contribution in [2.75, 3.05) is 13.7 Å². The lowest BCUT2D eigenvalue weighted by Crippen LogP contribution is -2.36. The first-order valence-corrected chi connectivity index (χ1v) is 3.98. The van der Waals surface area contributed by atoms with Crippen LogP contribution in [0.1, 0.15) is 26.2 Å². The van der Waals surface area contributed by atoms with E-state index < -0.39 is 0 Å². The van der Waals surface area contributed by atoms with Crippen molar-refractivity contribution >= 4 is 0 Å². The van der Waals surface area contributed by atoms with E-state index in [9.17, 15) is 0 Å². The molecule has 1 saturated carbocycles. The highest BCUT2D eigenvalue weighted by atomic mass is 16.5. The van der Waals surface area contributed by atoms with Crippen molar-refractivity contribution in [3.8, 4) is 0 Å². The average molecular weight is 143 g/mol. The van der Waals surface area contributed by atoms with Crippen molar-refractivity contribution < 1.29 is 4.74 Å². The summed E-state index contributed by atoms with van der Waals surface area (Å²) >= 11 is 0. The Bertz CT molecular complexity index is 110. The highest BCUT2D eigenvalue weighted by Gasteiger charge is 2.35. The molecule has 2 atom stereocenters. The van der Waals surface area contributed by atoms with Gasteiger partial charge < -0.3 is 10.5 Å². The SMILES string of the molecule is COC1(CN)CCC(C)C1. The van der Waals surface area contributed by atoms with Crippen molar-refractivity contribution in [3.63, 3.8) is 0 Å². The first-order valence-electron chi connectivity index (χ1n) is 3.98. The Labute approximate surface area is 62.7 Å². The zero-order chi connectivity index (χ0) is 7.61. The monoisotopic (exact) mass is 143 g/mol. The zero-order valence-electron chi connectivity index (χ0n) is 6.89. The maximum Gasteiger partial charge on any atom is 0.0803 e. The summed E-state index contributed by atoms with van der Waals surface area (Å²) in [4.78, 5) is 0. The van der Waals surface area contributed by atoms with Crippen LogP contribution < -0.4 is 5.73 Å². The quantitative estimate of drug-likeness (QED) is 0.629. The standard InChI is InChI=1S/C8H17NO/c1-7-3-4-8(5-7,6-9)10-2/h7H,3-6,9H2,1-2H3. The summed E-state index contributed by atoms with van der Waals surface area (Å²) in [5, 5.41) is 0. The molecule has 1 aliphatic rings. The van der Waals surface area contributed by atoms with Gasteiger partial charge in [-0.25, -0.2) is 0 Å². The van der Waals surface area contributed by atoms with Gasteiger partial charge in [0.05, 0.1) is 5.60 Å². The predicted octanol–water partition coefficient (Wildman–Crippen LogP) is 1.15. The number of rotatable bonds is 2. The van der Waals surface area contributed by atoms with Crippen LogP contribution >= 0.6 is 0 Å². The lowest BCUT2D eigenvalue weighted by atomic mass is 10.0. The number of ether oxygens (including phenoxy) is 1. The number of hydrogen-bond donors (Lipinski definition) is 1. The fourth-order valence-corrected chi connectivity index (χ4v) is 1.80. The zero-order valence-corrected chi connectivity index (χ0v) is 6.89. The van der Waals surface area contributed by atoms with Gasteiger partial charge in [-0.15, -0.1) is 0 Å². The van der Waals surface area contributed by atoms with Crippen LogP contribution in [0, 0.1) is 5.92 Å². The molecule has 0 radical (unpaired) electrons. The predicted molar refractivity (Wildman–Crippen MR) is 41.8 cm³/mol. The van der Waals surface area contributed by atoms with Gasteiger partial charge in [0.1, 0.15) is 0 Å². The van der Waals surface area contributed by atoms with E-state index in [2.05, 4.69) is 6.92 Å². The van der Waals surface area contributed by atoms with Crippen LogP contribution in [0.2, 0.25) is 0 Å². The van der Waals surface area contributed by atoms with Crippen LogP contribution in [-0.4, -0.2) is 19.3 Å². The van der Waals surface area contributed by atoms with E-state index in [0.29, 0.717) is 6.54 Å². The first kappa shape index (κ1) is 8.02. The Morgan fingerprint density at radius 3 is 2.60 bits per heavy atom. The van der Waals surface area contributed by atoms with E-state index in [0.717, 1.165) is 18.8 Å². The minimum absolute atomic E-state index is 0.0272. The third-order valence-corrected chi connectivity index (χ3v) is 2.62. The normalized spacial score (nSPS) is 40.5. The van der Waals surface area contributed by atoms with Crippen LogP contribution in [0.25, 0.3) is 0 Å². The fourth-order valence-electron chi connectivity index (χ4n) is 1.80. The topological polar surface area (TPSA) is 35.2 Å². The van der Waals surface area contributed by atoms with Crippen LogP contribution in [0.3, 0.4) is 0 Å². The fraction of sp³-hybridized carbons (Fsp3) is 1.00. The van der Waals surface area contributed by atoms with E-state index in [-0.39, 0.29) is 5.60 Å². The van der Waals surface area contributed by atoms with Gasteiger partial charge in [-0.3, -0.25) is 0 Å². The van der Waals surface area contributed by atoms with Crippen LogP contribution in [0.4, 0.5) is 0 Å². The van der Waals surface area contributed by atoms with Gasteiger partial charge in [-0.1, -0.05) is 6.92 Å². The van der Waals surface area contributed by atoms with Crippen LogP contribution in [-0.2, 0) is 4.74 Å². The second kappa shape index (κ2) is 2.89. The Hall–Kier alpha value is -0.0800. The molecular weight excluding hydrogens is 126 g/mol. The molecule has 0 aromatic carbocycles. The molecule has 1 aliphatic carbocycles.